The second-order valence-electron chi connectivity index (χ2n) is 3.41. The van der Waals surface area contributed by atoms with Gasteiger partial charge in [0.2, 0.25) is 11.8 Å². The molecule has 1 saturated heterocycles. The molecule has 5 nitrogen and oxygen atoms in total. The Kier molecular flexibility index (Phi) is 4.39. The largest absolute Gasteiger partial charge is 0.376 e. The summed E-state index contributed by atoms with van der Waals surface area (Å²) in [6.07, 6.45) is 2.48. The highest BCUT2D eigenvalue weighted by Gasteiger charge is 2.15. The molecule has 1 heterocycles. The maximum Gasteiger partial charge on any atom is 0.220 e. The number of amides is 2. The van der Waals surface area contributed by atoms with E-state index in [1.54, 1.807) is 0 Å². The summed E-state index contributed by atoms with van der Waals surface area (Å²) in [5.74, 6) is -0.587. The first-order valence-electron chi connectivity index (χ1n) is 4.85. The van der Waals surface area contributed by atoms with Gasteiger partial charge in [-0.15, -0.1) is 0 Å². The zero-order chi connectivity index (χ0) is 10.4. The zero-order valence-electron chi connectivity index (χ0n) is 8.12. The molecule has 0 bridgehead atoms. The summed E-state index contributed by atoms with van der Waals surface area (Å²) >= 11 is 0. The smallest absolute Gasteiger partial charge is 0.220 e. The number of nitrogens with one attached hydrogen (secondary N) is 1. The fraction of sp³-hybridized carbons (Fsp3) is 0.778. The molecule has 0 spiro atoms. The van der Waals surface area contributed by atoms with Crippen LogP contribution in [0.25, 0.3) is 0 Å². The summed E-state index contributed by atoms with van der Waals surface area (Å²) in [5.41, 5.74) is 4.92. The molecule has 3 N–H and O–H groups in total. The van der Waals surface area contributed by atoms with E-state index in [4.69, 9.17) is 10.5 Å². The third-order valence-electron chi connectivity index (χ3n) is 2.15. The molecular weight excluding hydrogens is 184 g/mol. The van der Waals surface area contributed by atoms with Gasteiger partial charge in [-0.1, -0.05) is 0 Å². The summed E-state index contributed by atoms with van der Waals surface area (Å²) in [7, 11) is 0. The summed E-state index contributed by atoms with van der Waals surface area (Å²) in [5, 5.41) is 2.71. The molecule has 0 saturated carbocycles. The Balaban J connectivity index is 2.05. The van der Waals surface area contributed by atoms with Crippen molar-refractivity contribution < 1.29 is 14.3 Å². The second-order valence-corrected chi connectivity index (χ2v) is 3.41. The minimum Gasteiger partial charge on any atom is -0.376 e. The van der Waals surface area contributed by atoms with Crippen LogP contribution in [0, 0.1) is 0 Å². The van der Waals surface area contributed by atoms with Gasteiger partial charge in [-0.05, 0) is 12.8 Å². The van der Waals surface area contributed by atoms with Crippen LogP contribution in [-0.4, -0.2) is 31.1 Å². The lowest BCUT2D eigenvalue weighted by Crippen LogP contribution is -2.32. The molecule has 0 unspecified atom stereocenters. The first-order chi connectivity index (χ1) is 6.68. The number of rotatable bonds is 5. The van der Waals surface area contributed by atoms with E-state index in [1.807, 2.05) is 0 Å². The Hall–Kier alpha value is -1.10. The van der Waals surface area contributed by atoms with Gasteiger partial charge in [-0.25, -0.2) is 0 Å². The van der Waals surface area contributed by atoms with Crippen molar-refractivity contribution in [2.24, 2.45) is 5.73 Å². The summed E-state index contributed by atoms with van der Waals surface area (Å²) in [6, 6.07) is 0. The predicted octanol–water partition coefficient (Wildman–Crippen LogP) is -0.453. The molecule has 1 aliphatic rings. The van der Waals surface area contributed by atoms with E-state index in [2.05, 4.69) is 5.32 Å². The molecule has 0 aromatic rings. The first kappa shape index (κ1) is 11.0. The van der Waals surface area contributed by atoms with E-state index in [-0.39, 0.29) is 24.9 Å². The molecule has 0 aliphatic carbocycles. The minimum absolute atomic E-state index is 0.108. The quantitative estimate of drug-likeness (QED) is 0.630. The molecule has 80 valence electrons. The fourth-order valence-corrected chi connectivity index (χ4v) is 1.36. The highest BCUT2D eigenvalue weighted by Crippen LogP contribution is 2.10. The van der Waals surface area contributed by atoms with Crippen LogP contribution >= 0.6 is 0 Å². The molecule has 2 amide bonds. The van der Waals surface area contributed by atoms with Gasteiger partial charge in [0.05, 0.1) is 6.10 Å². The van der Waals surface area contributed by atoms with Crippen LogP contribution in [0.2, 0.25) is 0 Å². The standard InChI is InChI=1S/C9H16N2O3/c10-8(12)3-4-9(13)11-6-7-2-1-5-14-7/h7H,1-6H2,(H2,10,12)(H,11,13)/t7-/m1/s1. The lowest BCUT2D eigenvalue weighted by atomic mass is 10.2. The van der Waals surface area contributed by atoms with Gasteiger partial charge in [0, 0.05) is 26.0 Å². The highest BCUT2D eigenvalue weighted by molar-refractivity contribution is 5.82. The van der Waals surface area contributed by atoms with Crippen molar-refractivity contribution in [3.8, 4) is 0 Å². The maximum absolute atomic E-state index is 11.1. The van der Waals surface area contributed by atoms with Gasteiger partial charge >= 0.3 is 0 Å². The van der Waals surface area contributed by atoms with Crippen LogP contribution in [0.5, 0.6) is 0 Å². The van der Waals surface area contributed by atoms with Crippen molar-refractivity contribution in [3.63, 3.8) is 0 Å². The predicted molar refractivity (Wildman–Crippen MR) is 50.4 cm³/mol. The highest BCUT2D eigenvalue weighted by atomic mass is 16.5. The van der Waals surface area contributed by atoms with Crippen molar-refractivity contribution >= 4 is 11.8 Å². The maximum atomic E-state index is 11.1. The second kappa shape index (κ2) is 5.59. The number of hydrogen-bond acceptors (Lipinski definition) is 3. The van der Waals surface area contributed by atoms with Crippen molar-refractivity contribution in [1.82, 2.24) is 5.32 Å². The Morgan fingerprint density at radius 1 is 1.43 bits per heavy atom. The van der Waals surface area contributed by atoms with Crippen LogP contribution < -0.4 is 11.1 Å². The van der Waals surface area contributed by atoms with Crippen molar-refractivity contribution in [2.75, 3.05) is 13.2 Å². The van der Waals surface area contributed by atoms with Gasteiger partial charge < -0.3 is 15.8 Å². The average Bonchev–Trinajstić information content (AvgIpc) is 2.63. The number of carbonyl (C=O) groups is 2. The lowest BCUT2D eigenvalue weighted by Gasteiger charge is -2.09. The Morgan fingerprint density at radius 3 is 2.79 bits per heavy atom. The van der Waals surface area contributed by atoms with Gasteiger partial charge in [-0.3, -0.25) is 9.59 Å². The summed E-state index contributed by atoms with van der Waals surface area (Å²) < 4.78 is 5.32. The molecule has 0 aromatic carbocycles. The lowest BCUT2D eigenvalue weighted by molar-refractivity contribution is -0.125. The molecule has 14 heavy (non-hydrogen) atoms. The third-order valence-corrected chi connectivity index (χ3v) is 2.15. The molecule has 0 aromatic heterocycles. The first-order valence-corrected chi connectivity index (χ1v) is 4.85. The van der Waals surface area contributed by atoms with Crippen LogP contribution in [0.1, 0.15) is 25.7 Å². The minimum atomic E-state index is -0.447. The Bertz CT molecular complexity index is 212. The van der Waals surface area contributed by atoms with Gasteiger partial charge in [0.1, 0.15) is 0 Å². The van der Waals surface area contributed by atoms with Crippen LogP contribution in [0.4, 0.5) is 0 Å². The Morgan fingerprint density at radius 2 is 2.21 bits per heavy atom. The number of ether oxygens (including phenoxy) is 1. The van der Waals surface area contributed by atoms with E-state index in [0.29, 0.717) is 6.54 Å². The molecule has 1 fully saturated rings. The monoisotopic (exact) mass is 200 g/mol. The van der Waals surface area contributed by atoms with Crippen molar-refractivity contribution in [2.45, 2.75) is 31.8 Å². The SMILES string of the molecule is NC(=O)CCC(=O)NC[C@H]1CCCO1. The van der Waals surface area contributed by atoms with Gasteiger partial charge in [0.25, 0.3) is 0 Å². The average molecular weight is 200 g/mol. The zero-order valence-corrected chi connectivity index (χ0v) is 8.12. The van der Waals surface area contributed by atoms with Crippen molar-refractivity contribution in [1.29, 1.82) is 0 Å². The van der Waals surface area contributed by atoms with Gasteiger partial charge in [0.15, 0.2) is 0 Å². The van der Waals surface area contributed by atoms with Crippen LogP contribution in [0.3, 0.4) is 0 Å². The third kappa shape index (κ3) is 4.23. The number of nitrogens with two attached hydrogens (primary N) is 1. The number of primary amides is 1. The summed E-state index contributed by atoms with van der Waals surface area (Å²) in [6.45, 7) is 1.32. The van der Waals surface area contributed by atoms with E-state index in [0.717, 1.165) is 19.4 Å². The van der Waals surface area contributed by atoms with Crippen molar-refractivity contribution in [3.05, 3.63) is 0 Å². The fourth-order valence-electron chi connectivity index (χ4n) is 1.36. The van der Waals surface area contributed by atoms with Gasteiger partial charge in [-0.2, -0.15) is 0 Å². The normalized spacial score (nSPS) is 20.7. The van der Waals surface area contributed by atoms with E-state index in [1.165, 1.54) is 0 Å². The molecule has 1 atom stereocenters. The molecule has 1 aliphatic heterocycles. The van der Waals surface area contributed by atoms with Crippen LogP contribution in [-0.2, 0) is 14.3 Å². The van der Waals surface area contributed by atoms with E-state index in [9.17, 15) is 9.59 Å². The molecule has 0 radical (unpaired) electrons. The molecular formula is C9H16N2O3. The number of carbonyl (C=O) groups excluding carboxylic acids is 2. The van der Waals surface area contributed by atoms with E-state index < -0.39 is 5.91 Å². The Labute approximate surface area is 83.0 Å². The van der Waals surface area contributed by atoms with E-state index >= 15 is 0 Å². The molecule has 5 heteroatoms. The number of hydrogen-bond donors (Lipinski definition) is 2. The van der Waals surface area contributed by atoms with Crippen LogP contribution in [0.15, 0.2) is 0 Å². The topological polar surface area (TPSA) is 81.4 Å². The molecule has 1 rings (SSSR count). The summed E-state index contributed by atoms with van der Waals surface area (Å²) in [4.78, 5) is 21.5.